The van der Waals surface area contributed by atoms with Crippen LogP contribution in [0.4, 0.5) is 5.69 Å². The summed E-state index contributed by atoms with van der Waals surface area (Å²) in [5.74, 6) is 0.860. The van der Waals surface area contributed by atoms with Crippen molar-refractivity contribution in [2.24, 2.45) is 4.99 Å². The van der Waals surface area contributed by atoms with Gasteiger partial charge in [0.1, 0.15) is 0 Å². The van der Waals surface area contributed by atoms with Crippen LogP contribution in [0.5, 0.6) is 0 Å². The van der Waals surface area contributed by atoms with E-state index in [0.29, 0.717) is 6.04 Å². The number of thiophene rings is 1. The lowest BCUT2D eigenvalue weighted by atomic mass is 10.2. The van der Waals surface area contributed by atoms with Crippen LogP contribution >= 0.6 is 35.3 Å². The summed E-state index contributed by atoms with van der Waals surface area (Å²) < 4.78 is 0. The lowest BCUT2D eigenvalue weighted by molar-refractivity contribution is 0.249. The van der Waals surface area contributed by atoms with Gasteiger partial charge in [-0.05, 0) is 55.1 Å². The maximum absolute atomic E-state index is 4.44. The Morgan fingerprint density at radius 3 is 2.60 bits per heavy atom. The fourth-order valence-electron chi connectivity index (χ4n) is 4.10. The molecule has 2 aliphatic heterocycles. The molecule has 0 amide bonds. The molecule has 1 atom stereocenters. The van der Waals surface area contributed by atoms with E-state index >= 15 is 0 Å². The van der Waals surface area contributed by atoms with Crippen LogP contribution in [0, 0.1) is 0 Å². The monoisotopic (exact) mass is 537 g/mol. The number of nitrogens with one attached hydrogen (secondary N) is 2. The largest absolute Gasteiger partial charge is 0.364 e. The first-order valence-electron chi connectivity index (χ1n) is 10.5. The van der Waals surface area contributed by atoms with E-state index in [2.05, 4.69) is 79.4 Å². The van der Waals surface area contributed by atoms with Gasteiger partial charge in [-0.1, -0.05) is 30.4 Å². The van der Waals surface area contributed by atoms with Gasteiger partial charge in [-0.3, -0.25) is 9.89 Å². The molecule has 5 nitrogen and oxygen atoms in total. The van der Waals surface area contributed by atoms with Crippen LogP contribution < -0.4 is 15.5 Å². The predicted molar refractivity (Wildman–Crippen MR) is 139 cm³/mol. The Balaban J connectivity index is 0.00000256. The molecular weight excluding hydrogens is 505 g/mol. The van der Waals surface area contributed by atoms with Gasteiger partial charge in [0.25, 0.3) is 0 Å². The number of halogens is 1. The molecule has 0 bridgehead atoms. The number of rotatable bonds is 7. The maximum Gasteiger partial charge on any atom is 0.191 e. The average molecular weight is 538 g/mol. The van der Waals surface area contributed by atoms with E-state index in [4.69, 9.17) is 0 Å². The summed E-state index contributed by atoms with van der Waals surface area (Å²) in [4.78, 5) is 10.8. The number of anilines is 1. The number of hydrogen-bond donors (Lipinski definition) is 2. The molecule has 1 unspecified atom stereocenters. The van der Waals surface area contributed by atoms with Crippen molar-refractivity contribution in [2.75, 3.05) is 44.7 Å². The third kappa shape index (κ3) is 5.98. The topological polar surface area (TPSA) is 42.9 Å². The third-order valence-electron chi connectivity index (χ3n) is 5.69. The molecule has 0 spiro atoms. The zero-order valence-electron chi connectivity index (χ0n) is 17.6. The molecule has 1 aromatic carbocycles. The van der Waals surface area contributed by atoms with Crippen LogP contribution in [-0.4, -0.2) is 50.6 Å². The lowest BCUT2D eigenvalue weighted by Gasteiger charge is -2.27. The van der Waals surface area contributed by atoms with Gasteiger partial charge in [0.2, 0.25) is 0 Å². The highest BCUT2D eigenvalue weighted by Crippen LogP contribution is 2.27. The van der Waals surface area contributed by atoms with Crippen molar-refractivity contribution in [1.82, 2.24) is 15.5 Å². The Bertz CT molecular complexity index is 822. The minimum atomic E-state index is 0. The first kappa shape index (κ1) is 23.1. The molecule has 4 rings (SSSR count). The Labute approximate surface area is 201 Å². The van der Waals surface area contributed by atoms with Crippen molar-refractivity contribution in [3.8, 4) is 0 Å². The van der Waals surface area contributed by atoms with Gasteiger partial charge in [0, 0.05) is 43.8 Å². The summed E-state index contributed by atoms with van der Waals surface area (Å²) >= 11 is 1.85. The van der Waals surface area contributed by atoms with E-state index in [0.717, 1.165) is 32.1 Å². The Kier molecular flexibility index (Phi) is 9.02. The molecule has 2 N–H and O–H groups in total. The molecule has 1 saturated heterocycles. The zero-order chi connectivity index (χ0) is 19.9. The molecule has 30 heavy (non-hydrogen) atoms. The third-order valence-corrected chi connectivity index (χ3v) is 6.67. The Morgan fingerprint density at radius 2 is 1.90 bits per heavy atom. The number of benzene rings is 1. The fraction of sp³-hybridized carbons (Fsp3) is 0.435. The van der Waals surface area contributed by atoms with Crippen LogP contribution in [-0.2, 0) is 6.54 Å². The molecule has 1 aromatic heterocycles. The van der Waals surface area contributed by atoms with Gasteiger partial charge in [0.05, 0.1) is 6.04 Å². The Morgan fingerprint density at radius 1 is 1.10 bits per heavy atom. The van der Waals surface area contributed by atoms with Crippen molar-refractivity contribution in [1.29, 1.82) is 0 Å². The predicted octanol–water partition coefficient (Wildman–Crippen LogP) is 4.24. The quantitative estimate of drug-likeness (QED) is 0.240. The maximum atomic E-state index is 4.44. The lowest BCUT2D eigenvalue weighted by Crippen LogP contribution is -2.42. The van der Waals surface area contributed by atoms with Gasteiger partial charge >= 0.3 is 0 Å². The van der Waals surface area contributed by atoms with Gasteiger partial charge in [-0.2, -0.15) is 0 Å². The second-order valence-corrected chi connectivity index (χ2v) is 8.61. The first-order valence-corrected chi connectivity index (χ1v) is 11.4. The van der Waals surface area contributed by atoms with Crippen LogP contribution in [0.25, 0.3) is 0 Å². The van der Waals surface area contributed by atoms with E-state index in [1.54, 1.807) is 0 Å². The standard InChI is InChI=1S/C23H31N5S.HI/c1-24-23(25-17-19-8-6-9-20(16-19)27-11-2-3-12-27)26-18-21(22-10-7-15-29-22)28-13-4-5-14-28;/h2-3,6-10,15-16,21H,4-5,11-14,17-18H2,1H3,(H2,24,25,26);1H. The molecule has 2 aliphatic rings. The van der Waals surface area contributed by atoms with Crippen LogP contribution in [0.2, 0.25) is 0 Å². The van der Waals surface area contributed by atoms with Crippen LogP contribution in [0.1, 0.15) is 29.3 Å². The number of likely N-dealkylation sites (tertiary alicyclic amines) is 1. The summed E-state index contributed by atoms with van der Waals surface area (Å²) in [6.07, 6.45) is 7.05. The summed E-state index contributed by atoms with van der Waals surface area (Å²) in [6.45, 7) is 6.02. The van der Waals surface area contributed by atoms with E-state index in [-0.39, 0.29) is 24.0 Å². The molecule has 162 valence electrons. The molecule has 2 aromatic rings. The van der Waals surface area contributed by atoms with Gasteiger partial charge in [-0.15, -0.1) is 35.3 Å². The minimum absolute atomic E-state index is 0. The molecule has 0 aliphatic carbocycles. The number of guanidine groups is 1. The minimum Gasteiger partial charge on any atom is -0.364 e. The number of hydrogen-bond acceptors (Lipinski definition) is 4. The molecule has 7 heteroatoms. The van der Waals surface area contributed by atoms with Crippen LogP contribution in [0.15, 0.2) is 58.9 Å². The van der Waals surface area contributed by atoms with Gasteiger partial charge in [-0.25, -0.2) is 0 Å². The molecule has 3 heterocycles. The van der Waals surface area contributed by atoms with Crippen molar-refractivity contribution in [3.05, 3.63) is 64.4 Å². The van der Waals surface area contributed by atoms with Crippen LogP contribution in [0.3, 0.4) is 0 Å². The SMILES string of the molecule is CN=C(NCc1cccc(N2CC=CC2)c1)NCC(c1cccs1)N1CCCC1.I. The van der Waals surface area contributed by atoms with E-state index in [1.165, 1.54) is 42.1 Å². The second-order valence-electron chi connectivity index (χ2n) is 7.63. The van der Waals surface area contributed by atoms with Gasteiger partial charge < -0.3 is 15.5 Å². The molecule has 0 saturated carbocycles. The second kappa shape index (κ2) is 11.7. The highest BCUT2D eigenvalue weighted by molar-refractivity contribution is 14.0. The molecule has 0 radical (unpaired) electrons. The van der Waals surface area contributed by atoms with E-state index in [1.807, 2.05) is 18.4 Å². The van der Waals surface area contributed by atoms with Crippen molar-refractivity contribution < 1.29 is 0 Å². The zero-order valence-corrected chi connectivity index (χ0v) is 20.7. The average Bonchev–Trinajstić information content (AvgIpc) is 3.54. The number of aliphatic imine (C=N–C) groups is 1. The van der Waals surface area contributed by atoms with Gasteiger partial charge in [0.15, 0.2) is 5.96 Å². The highest BCUT2D eigenvalue weighted by Gasteiger charge is 2.24. The molecular formula is C23H32IN5S. The Hall–Kier alpha value is -1.58. The van der Waals surface area contributed by atoms with E-state index < -0.39 is 0 Å². The van der Waals surface area contributed by atoms with Crippen molar-refractivity contribution >= 4 is 47.0 Å². The first-order chi connectivity index (χ1) is 14.3. The van der Waals surface area contributed by atoms with E-state index in [9.17, 15) is 0 Å². The summed E-state index contributed by atoms with van der Waals surface area (Å²) in [5.41, 5.74) is 2.55. The smallest absolute Gasteiger partial charge is 0.191 e. The summed E-state index contributed by atoms with van der Waals surface area (Å²) in [6, 6.07) is 13.6. The van der Waals surface area contributed by atoms with Crippen molar-refractivity contribution in [3.63, 3.8) is 0 Å². The normalized spacial score (nSPS) is 17.8. The number of nitrogens with zero attached hydrogens (tertiary/aromatic N) is 3. The fourth-order valence-corrected chi connectivity index (χ4v) is 4.96. The summed E-state index contributed by atoms with van der Waals surface area (Å²) in [7, 11) is 1.84. The van der Waals surface area contributed by atoms with Crippen molar-refractivity contribution in [2.45, 2.75) is 25.4 Å². The highest BCUT2D eigenvalue weighted by atomic mass is 127. The molecule has 1 fully saturated rings. The summed E-state index contributed by atoms with van der Waals surface area (Å²) in [5, 5.41) is 9.22.